The van der Waals surface area contributed by atoms with Gasteiger partial charge < -0.3 is 14.2 Å². The minimum absolute atomic E-state index is 0.0765. The second-order valence-corrected chi connectivity index (χ2v) is 19.6. The molecule has 0 aliphatic carbocycles. The van der Waals surface area contributed by atoms with Crippen LogP contribution in [0.2, 0.25) is 0 Å². The maximum atomic E-state index is 12.8. The van der Waals surface area contributed by atoms with Gasteiger partial charge in [-0.1, -0.05) is 249 Å². The molecule has 0 spiro atoms. The van der Waals surface area contributed by atoms with Crippen molar-refractivity contribution in [3.05, 3.63) is 48.6 Å². The quantitative estimate of drug-likeness (QED) is 0.0262. The van der Waals surface area contributed by atoms with Gasteiger partial charge in [0.15, 0.2) is 6.10 Å². The lowest BCUT2D eigenvalue weighted by Gasteiger charge is -2.18. The number of unbranched alkanes of at least 4 members (excludes halogenated alkanes) is 34. The van der Waals surface area contributed by atoms with Crippen molar-refractivity contribution in [2.45, 2.75) is 309 Å². The molecular formula is C61H110O6. The smallest absolute Gasteiger partial charge is 0.306 e. The lowest BCUT2D eigenvalue weighted by atomic mass is 10.0. The molecule has 0 rings (SSSR count). The van der Waals surface area contributed by atoms with Crippen LogP contribution < -0.4 is 0 Å². The lowest BCUT2D eigenvalue weighted by molar-refractivity contribution is -0.167. The Morgan fingerprint density at radius 2 is 0.537 bits per heavy atom. The van der Waals surface area contributed by atoms with Gasteiger partial charge in [0, 0.05) is 19.3 Å². The van der Waals surface area contributed by atoms with Crippen molar-refractivity contribution in [2.24, 2.45) is 0 Å². The van der Waals surface area contributed by atoms with Gasteiger partial charge in [-0.05, 0) is 83.5 Å². The fraction of sp³-hybridized carbons (Fsp3) is 0.820. The van der Waals surface area contributed by atoms with Gasteiger partial charge in [-0.25, -0.2) is 0 Å². The Hall–Kier alpha value is -2.63. The monoisotopic (exact) mass is 939 g/mol. The molecule has 67 heavy (non-hydrogen) atoms. The van der Waals surface area contributed by atoms with Crippen LogP contribution in [0.1, 0.15) is 303 Å². The number of rotatable bonds is 53. The molecule has 0 amide bonds. The number of carbonyl (C=O) groups excluding carboxylic acids is 3. The van der Waals surface area contributed by atoms with Crippen LogP contribution in [0.3, 0.4) is 0 Å². The lowest BCUT2D eigenvalue weighted by Crippen LogP contribution is -2.30. The first-order valence-corrected chi connectivity index (χ1v) is 29.1. The zero-order valence-corrected chi connectivity index (χ0v) is 44.7. The van der Waals surface area contributed by atoms with Gasteiger partial charge in [-0.15, -0.1) is 0 Å². The van der Waals surface area contributed by atoms with Gasteiger partial charge in [0.2, 0.25) is 0 Å². The van der Waals surface area contributed by atoms with Crippen molar-refractivity contribution >= 4 is 17.9 Å². The van der Waals surface area contributed by atoms with E-state index in [1.54, 1.807) is 0 Å². The molecule has 0 aromatic carbocycles. The zero-order chi connectivity index (χ0) is 48.6. The number of carbonyl (C=O) groups is 3. The summed E-state index contributed by atoms with van der Waals surface area (Å²) in [5.74, 6) is -0.880. The SMILES string of the molecule is CCCCC/C=C\C/C=C\CCCCCCCC(=O)OC(COC(=O)CCCCCCCCCCCCC)COC(=O)CCCCCCCCCCCCC/C=C\C/C=C\CCCCCCC. The number of ether oxygens (including phenoxy) is 3. The minimum Gasteiger partial charge on any atom is -0.462 e. The summed E-state index contributed by atoms with van der Waals surface area (Å²) < 4.78 is 16.8. The van der Waals surface area contributed by atoms with Crippen LogP contribution in [0.25, 0.3) is 0 Å². The molecule has 6 heteroatoms. The van der Waals surface area contributed by atoms with E-state index < -0.39 is 6.10 Å². The Morgan fingerprint density at radius 3 is 0.851 bits per heavy atom. The molecular weight excluding hydrogens is 829 g/mol. The van der Waals surface area contributed by atoms with Crippen molar-refractivity contribution in [1.29, 1.82) is 0 Å². The third kappa shape index (κ3) is 54.2. The van der Waals surface area contributed by atoms with E-state index in [4.69, 9.17) is 14.2 Å². The number of allylic oxidation sites excluding steroid dienone is 8. The van der Waals surface area contributed by atoms with Crippen molar-refractivity contribution in [3.63, 3.8) is 0 Å². The summed E-state index contributed by atoms with van der Waals surface area (Å²) in [7, 11) is 0. The van der Waals surface area contributed by atoms with E-state index in [0.29, 0.717) is 19.3 Å². The fourth-order valence-corrected chi connectivity index (χ4v) is 8.39. The van der Waals surface area contributed by atoms with Crippen LogP contribution in [0, 0.1) is 0 Å². The molecule has 0 saturated heterocycles. The molecule has 0 aliphatic rings. The number of esters is 3. The second-order valence-electron chi connectivity index (χ2n) is 19.6. The molecule has 0 aliphatic heterocycles. The molecule has 0 fully saturated rings. The van der Waals surface area contributed by atoms with Crippen LogP contribution in [-0.4, -0.2) is 37.2 Å². The molecule has 390 valence electrons. The molecule has 0 heterocycles. The minimum atomic E-state index is -0.778. The fourth-order valence-electron chi connectivity index (χ4n) is 8.39. The van der Waals surface area contributed by atoms with Gasteiger partial charge in [0.05, 0.1) is 0 Å². The maximum absolute atomic E-state index is 12.8. The Morgan fingerprint density at radius 1 is 0.299 bits per heavy atom. The van der Waals surface area contributed by atoms with E-state index in [2.05, 4.69) is 69.4 Å². The summed E-state index contributed by atoms with van der Waals surface area (Å²) in [6.07, 6.45) is 68.2. The summed E-state index contributed by atoms with van der Waals surface area (Å²) in [5.41, 5.74) is 0. The molecule has 0 radical (unpaired) electrons. The van der Waals surface area contributed by atoms with E-state index >= 15 is 0 Å². The molecule has 0 N–H and O–H groups in total. The summed E-state index contributed by atoms with van der Waals surface area (Å²) in [4.78, 5) is 38.1. The highest BCUT2D eigenvalue weighted by Crippen LogP contribution is 2.16. The van der Waals surface area contributed by atoms with Crippen LogP contribution in [-0.2, 0) is 28.6 Å². The Kier molecular flexibility index (Phi) is 53.8. The first-order chi connectivity index (χ1) is 33.0. The van der Waals surface area contributed by atoms with Crippen molar-refractivity contribution in [3.8, 4) is 0 Å². The van der Waals surface area contributed by atoms with Gasteiger partial charge >= 0.3 is 17.9 Å². The van der Waals surface area contributed by atoms with Gasteiger partial charge in [0.1, 0.15) is 13.2 Å². The highest BCUT2D eigenvalue weighted by atomic mass is 16.6. The zero-order valence-electron chi connectivity index (χ0n) is 44.7. The maximum Gasteiger partial charge on any atom is 0.306 e. The summed E-state index contributed by atoms with van der Waals surface area (Å²) in [5, 5.41) is 0. The molecule has 0 bridgehead atoms. The third-order valence-electron chi connectivity index (χ3n) is 12.8. The van der Waals surface area contributed by atoms with Crippen molar-refractivity contribution < 1.29 is 28.6 Å². The average molecular weight is 940 g/mol. The van der Waals surface area contributed by atoms with E-state index in [1.807, 2.05) is 0 Å². The Balaban J connectivity index is 4.27. The molecule has 0 aromatic heterocycles. The van der Waals surface area contributed by atoms with Gasteiger partial charge in [-0.3, -0.25) is 14.4 Å². The molecule has 0 saturated carbocycles. The molecule has 1 atom stereocenters. The largest absolute Gasteiger partial charge is 0.462 e. The summed E-state index contributed by atoms with van der Waals surface area (Å²) in [6, 6.07) is 0. The van der Waals surface area contributed by atoms with Crippen LogP contribution in [0.4, 0.5) is 0 Å². The second kappa shape index (κ2) is 56.0. The van der Waals surface area contributed by atoms with Gasteiger partial charge in [-0.2, -0.15) is 0 Å². The summed E-state index contributed by atoms with van der Waals surface area (Å²) in [6.45, 7) is 6.61. The van der Waals surface area contributed by atoms with Crippen LogP contribution in [0.15, 0.2) is 48.6 Å². The summed E-state index contributed by atoms with van der Waals surface area (Å²) >= 11 is 0. The predicted molar refractivity (Wildman–Crippen MR) is 289 cm³/mol. The molecule has 1 unspecified atom stereocenters. The first kappa shape index (κ1) is 64.4. The third-order valence-corrected chi connectivity index (χ3v) is 12.8. The Labute approximate surface area is 416 Å². The number of hydrogen-bond acceptors (Lipinski definition) is 6. The van der Waals surface area contributed by atoms with E-state index in [9.17, 15) is 14.4 Å². The Bertz CT molecular complexity index is 1170. The van der Waals surface area contributed by atoms with Crippen LogP contribution >= 0.6 is 0 Å². The topological polar surface area (TPSA) is 78.9 Å². The van der Waals surface area contributed by atoms with Crippen molar-refractivity contribution in [1.82, 2.24) is 0 Å². The van der Waals surface area contributed by atoms with E-state index in [1.165, 1.54) is 173 Å². The standard InChI is InChI=1S/C61H110O6/c1-4-7-10-13-16-19-22-24-26-27-28-29-30-31-32-33-35-36-39-42-45-48-51-54-60(63)66-57-58(56-65-59(62)53-50-47-44-41-38-21-18-15-12-9-6-3)67-61(64)55-52-49-46-43-40-37-34-25-23-20-17-14-11-8-5-2/h17,20,22,24-25,27-28,34,58H,4-16,18-19,21,23,26,29-33,35-57H2,1-3H3/b20-17-,24-22-,28-27-,34-25-. The van der Waals surface area contributed by atoms with Gasteiger partial charge in [0.25, 0.3) is 0 Å². The van der Waals surface area contributed by atoms with Crippen molar-refractivity contribution in [2.75, 3.05) is 13.2 Å². The van der Waals surface area contributed by atoms with Crippen LogP contribution in [0.5, 0.6) is 0 Å². The van der Waals surface area contributed by atoms with E-state index in [-0.39, 0.29) is 31.1 Å². The van der Waals surface area contributed by atoms with E-state index in [0.717, 1.165) is 89.9 Å². The first-order valence-electron chi connectivity index (χ1n) is 29.1. The predicted octanol–water partition coefficient (Wildman–Crippen LogP) is 19.4. The molecule has 0 aromatic rings. The average Bonchev–Trinajstić information content (AvgIpc) is 3.33. The highest BCUT2D eigenvalue weighted by Gasteiger charge is 2.19. The highest BCUT2D eigenvalue weighted by molar-refractivity contribution is 5.71. The molecule has 6 nitrogen and oxygen atoms in total. The number of hydrogen-bond donors (Lipinski definition) is 0. The normalized spacial score (nSPS) is 12.3.